The van der Waals surface area contributed by atoms with Crippen molar-refractivity contribution >= 4 is 10.8 Å². The summed E-state index contributed by atoms with van der Waals surface area (Å²) in [5.74, 6) is 0. The smallest absolute Gasteiger partial charge is 0.0178 e. The molecule has 94 valence electrons. The quantitative estimate of drug-likeness (QED) is 0.719. The fraction of sp³-hybridized carbons (Fsp3) is 0.111. The normalized spacial score (nSPS) is 10.8. The van der Waals surface area contributed by atoms with Crippen molar-refractivity contribution in [1.82, 2.24) is 0 Å². The van der Waals surface area contributed by atoms with E-state index in [0.29, 0.717) is 6.54 Å². The summed E-state index contributed by atoms with van der Waals surface area (Å²) in [4.78, 5) is 0. The van der Waals surface area contributed by atoms with Crippen LogP contribution in [0.15, 0.2) is 60.7 Å². The Morgan fingerprint density at radius 2 is 1.63 bits per heavy atom. The third-order valence-corrected chi connectivity index (χ3v) is 3.62. The number of aryl methyl sites for hydroxylation is 1. The van der Waals surface area contributed by atoms with Crippen molar-refractivity contribution in [2.75, 3.05) is 0 Å². The molecule has 19 heavy (non-hydrogen) atoms. The van der Waals surface area contributed by atoms with Crippen LogP contribution in [0.5, 0.6) is 0 Å². The van der Waals surface area contributed by atoms with Gasteiger partial charge >= 0.3 is 0 Å². The average Bonchev–Trinajstić information content (AvgIpc) is 2.47. The SMILES string of the molecule is Cc1ccc(CN)cc1-c1cccc2ccccc12. The fourth-order valence-corrected chi connectivity index (χ4v) is 2.55. The molecular weight excluding hydrogens is 230 g/mol. The molecule has 0 aliphatic carbocycles. The maximum absolute atomic E-state index is 5.76. The lowest BCUT2D eigenvalue weighted by Gasteiger charge is -2.11. The molecule has 3 aromatic rings. The molecule has 2 N–H and O–H groups in total. The van der Waals surface area contributed by atoms with E-state index in [1.54, 1.807) is 0 Å². The Hall–Kier alpha value is -2.12. The van der Waals surface area contributed by atoms with Gasteiger partial charge in [0.05, 0.1) is 0 Å². The summed E-state index contributed by atoms with van der Waals surface area (Å²) in [6, 6.07) is 21.4. The number of hydrogen-bond acceptors (Lipinski definition) is 1. The van der Waals surface area contributed by atoms with E-state index in [1.165, 1.54) is 33.0 Å². The summed E-state index contributed by atoms with van der Waals surface area (Å²) < 4.78 is 0. The Labute approximate surface area is 113 Å². The summed E-state index contributed by atoms with van der Waals surface area (Å²) in [6.45, 7) is 2.73. The van der Waals surface area contributed by atoms with Gasteiger partial charge in [0.25, 0.3) is 0 Å². The van der Waals surface area contributed by atoms with Gasteiger partial charge in [-0.05, 0) is 46.0 Å². The standard InChI is InChI=1S/C18H17N/c1-13-9-10-14(12-19)11-18(13)17-8-4-6-15-5-2-3-7-16(15)17/h2-11H,12,19H2,1H3. The van der Waals surface area contributed by atoms with Crippen LogP contribution >= 0.6 is 0 Å². The van der Waals surface area contributed by atoms with E-state index in [1.807, 2.05) is 0 Å². The van der Waals surface area contributed by atoms with Crippen molar-refractivity contribution in [3.05, 3.63) is 71.8 Å². The van der Waals surface area contributed by atoms with Crippen molar-refractivity contribution in [2.24, 2.45) is 5.73 Å². The molecular formula is C18H17N. The molecule has 1 heteroatoms. The van der Waals surface area contributed by atoms with Gasteiger partial charge in [0.2, 0.25) is 0 Å². The molecule has 0 aliphatic rings. The molecule has 0 unspecified atom stereocenters. The molecule has 0 fully saturated rings. The Kier molecular flexibility index (Phi) is 3.06. The molecule has 0 spiro atoms. The lowest BCUT2D eigenvalue weighted by Crippen LogP contribution is -1.97. The predicted molar refractivity (Wildman–Crippen MR) is 82.0 cm³/mol. The highest BCUT2D eigenvalue weighted by Gasteiger charge is 2.06. The molecule has 0 amide bonds. The number of rotatable bonds is 2. The molecule has 0 saturated heterocycles. The van der Waals surface area contributed by atoms with E-state index < -0.39 is 0 Å². The van der Waals surface area contributed by atoms with Gasteiger partial charge in [-0.15, -0.1) is 0 Å². The van der Waals surface area contributed by atoms with Crippen LogP contribution in [0.1, 0.15) is 11.1 Å². The fourth-order valence-electron chi connectivity index (χ4n) is 2.55. The van der Waals surface area contributed by atoms with Crippen LogP contribution in [0.3, 0.4) is 0 Å². The van der Waals surface area contributed by atoms with Crippen molar-refractivity contribution in [3.63, 3.8) is 0 Å². The van der Waals surface area contributed by atoms with Gasteiger partial charge in [0.1, 0.15) is 0 Å². The Morgan fingerprint density at radius 3 is 2.47 bits per heavy atom. The molecule has 0 radical (unpaired) electrons. The number of hydrogen-bond donors (Lipinski definition) is 1. The summed E-state index contributed by atoms with van der Waals surface area (Å²) in [5, 5.41) is 2.57. The highest BCUT2D eigenvalue weighted by atomic mass is 14.5. The molecule has 1 nitrogen and oxygen atoms in total. The van der Waals surface area contributed by atoms with Crippen LogP contribution in [0.2, 0.25) is 0 Å². The minimum absolute atomic E-state index is 0.581. The van der Waals surface area contributed by atoms with Crippen LogP contribution in [-0.2, 0) is 6.54 Å². The second kappa shape index (κ2) is 4.87. The van der Waals surface area contributed by atoms with Gasteiger partial charge in [0.15, 0.2) is 0 Å². The third-order valence-electron chi connectivity index (χ3n) is 3.62. The molecule has 0 heterocycles. The van der Waals surface area contributed by atoms with Crippen LogP contribution in [0.4, 0.5) is 0 Å². The number of benzene rings is 3. The maximum atomic E-state index is 5.76. The molecule has 0 aromatic heterocycles. The predicted octanol–water partition coefficient (Wildman–Crippen LogP) is 4.27. The molecule has 0 aliphatic heterocycles. The van der Waals surface area contributed by atoms with Gasteiger partial charge in [-0.1, -0.05) is 54.6 Å². The van der Waals surface area contributed by atoms with Gasteiger partial charge in [-0.3, -0.25) is 0 Å². The van der Waals surface area contributed by atoms with Gasteiger partial charge in [-0.2, -0.15) is 0 Å². The molecule has 3 rings (SSSR count). The van der Waals surface area contributed by atoms with Crippen LogP contribution < -0.4 is 5.73 Å². The summed E-state index contributed by atoms with van der Waals surface area (Å²) in [7, 11) is 0. The first-order valence-corrected chi connectivity index (χ1v) is 6.57. The summed E-state index contributed by atoms with van der Waals surface area (Å²) in [5.41, 5.74) is 10.8. The Bertz CT molecular complexity index is 723. The van der Waals surface area contributed by atoms with Crippen molar-refractivity contribution in [1.29, 1.82) is 0 Å². The van der Waals surface area contributed by atoms with E-state index in [9.17, 15) is 0 Å². The van der Waals surface area contributed by atoms with Gasteiger partial charge in [0, 0.05) is 6.54 Å². The number of nitrogens with two attached hydrogens (primary N) is 1. The van der Waals surface area contributed by atoms with Crippen molar-refractivity contribution < 1.29 is 0 Å². The van der Waals surface area contributed by atoms with Crippen LogP contribution in [-0.4, -0.2) is 0 Å². The third kappa shape index (κ3) is 2.13. The number of fused-ring (bicyclic) bond motifs is 1. The topological polar surface area (TPSA) is 26.0 Å². The highest BCUT2D eigenvalue weighted by molar-refractivity contribution is 5.97. The van der Waals surface area contributed by atoms with E-state index in [2.05, 4.69) is 67.6 Å². The lowest BCUT2D eigenvalue weighted by molar-refractivity contribution is 1.07. The first kappa shape index (κ1) is 11.9. The molecule has 0 atom stereocenters. The second-order valence-electron chi connectivity index (χ2n) is 4.88. The first-order valence-electron chi connectivity index (χ1n) is 6.57. The van der Waals surface area contributed by atoms with Crippen LogP contribution in [0.25, 0.3) is 21.9 Å². The first-order chi connectivity index (χ1) is 9.29. The van der Waals surface area contributed by atoms with Crippen LogP contribution in [0, 0.1) is 6.92 Å². The summed E-state index contributed by atoms with van der Waals surface area (Å²) in [6.07, 6.45) is 0. The molecule has 0 saturated carbocycles. The Balaban J connectivity index is 2.30. The zero-order valence-electron chi connectivity index (χ0n) is 11.1. The summed E-state index contributed by atoms with van der Waals surface area (Å²) >= 11 is 0. The Morgan fingerprint density at radius 1 is 0.842 bits per heavy atom. The second-order valence-corrected chi connectivity index (χ2v) is 4.88. The van der Waals surface area contributed by atoms with Gasteiger partial charge < -0.3 is 5.73 Å². The van der Waals surface area contributed by atoms with E-state index >= 15 is 0 Å². The lowest BCUT2D eigenvalue weighted by atomic mass is 9.94. The average molecular weight is 247 g/mol. The largest absolute Gasteiger partial charge is 0.326 e. The van der Waals surface area contributed by atoms with E-state index in [0.717, 1.165) is 0 Å². The van der Waals surface area contributed by atoms with E-state index in [4.69, 9.17) is 5.73 Å². The van der Waals surface area contributed by atoms with E-state index in [-0.39, 0.29) is 0 Å². The molecule has 0 bridgehead atoms. The highest BCUT2D eigenvalue weighted by Crippen LogP contribution is 2.31. The maximum Gasteiger partial charge on any atom is 0.0178 e. The zero-order valence-corrected chi connectivity index (χ0v) is 11.1. The zero-order chi connectivity index (χ0) is 13.2. The van der Waals surface area contributed by atoms with Crippen molar-refractivity contribution in [2.45, 2.75) is 13.5 Å². The van der Waals surface area contributed by atoms with Crippen molar-refractivity contribution in [3.8, 4) is 11.1 Å². The van der Waals surface area contributed by atoms with Gasteiger partial charge in [-0.25, -0.2) is 0 Å². The minimum Gasteiger partial charge on any atom is -0.326 e. The monoisotopic (exact) mass is 247 g/mol. The minimum atomic E-state index is 0.581. The molecule has 3 aromatic carbocycles.